The van der Waals surface area contributed by atoms with Crippen molar-refractivity contribution in [1.29, 1.82) is 0 Å². The number of Topliss-reactive ketones (excluding diaryl/α,β-unsaturated/α-hetero) is 1. The number of amides is 2. The first-order valence-electron chi connectivity index (χ1n) is 12.8. The second-order valence-corrected chi connectivity index (χ2v) is 10.2. The van der Waals surface area contributed by atoms with Crippen LogP contribution in [0.5, 0.6) is 11.5 Å². The zero-order valence-electron chi connectivity index (χ0n) is 23.2. The molecule has 1 unspecified atom stereocenters. The van der Waals surface area contributed by atoms with Crippen molar-refractivity contribution in [3.63, 3.8) is 0 Å². The highest BCUT2D eigenvalue weighted by atomic mass is 32.2. The third-order valence-electron chi connectivity index (χ3n) is 5.73. The molecule has 0 saturated carbocycles. The maximum absolute atomic E-state index is 13.0. The number of carbonyl (C=O) groups is 4. The SMILES string of the molecule is CCOc1ccc(OCC(=O)OC)cc1CC(=O)NC(C(=O)N[C@@H](C)C(=O)CSCc1ccccc1)C(C)C. The smallest absolute Gasteiger partial charge is 0.343 e. The fourth-order valence-corrected chi connectivity index (χ4v) is 4.55. The van der Waals surface area contributed by atoms with Gasteiger partial charge in [-0.2, -0.15) is 0 Å². The number of methoxy groups -OCH3 is 1. The first kappa shape index (κ1) is 31.7. The summed E-state index contributed by atoms with van der Waals surface area (Å²) in [6.07, 6.45) is -0.0775. The molecule has 0 aliphatic heterocycles. The molecule has 39 heavy (non-hydrogen) atoms. The Morgan fingerprint density at radius 1 is 0.949 bits per heavy atom. The highest BCUT2D eigenvalue weighted by Crippen LogP contribution is 2.25. The minimum Gasteiger partial charge on any atom is -0.494 e. The molecular formula is C29H38N2O7S. The third kappa shape index (κ3) is 11.0. The number of hydrogen-bond donors (Lipinski definition) is 2. The molecular weight excluding hydrogens is 520 g/mol. The summed E-state index contributed by atoms with van der Waals surface area (Å²) in [6, 6.07) is 13.2. The first-order chi connectivity index (χ1) is 18.6. The largest absolute Gasteiger partial charge is 0.494 e. The molecule has 0 spiro atoms. The number of esters is 1. The molecule has 0 aromatic heterocycles. The van der Waals surface area contributed by atoms with E-state index in [-0.39, 0.29) is 30.5 Å². The summed E-state index contributed by atoms with van der Waals surface area (Å²) in [7, 11) is 1.27. The van der Waals surface area contributed by atoms with Crippen molar-refractivity contribution in [2.75, 3.05) is 26.1 Å². The van der Waals surface area contributed by atoms with E-state index in [2.05, 4.69) is 15.4 Å². The summed E-state index contributed by atoms with van der Waals surface area (Å²) in [5.41, 5.74) is 1.67. The van der Waals surface area contributed by atoms with Crippen LogP contribution < -0.4 is 20.1 Å². The van der Waals surface area contributed by atoms with E-state index in [0.717, 1.165) is 5.56 Å². The molecule has 212 valence electrons. The van der Waals surface area contributed by atoms with E-state index in [0.29, 0.717) is 29.4 Å². The molecule has 2 amide bonds. The standard InChI is InChI=1S/C29H38N2O7S/c1-6-37-25-13-12-23(38-16-27(34)36-5)14-22(25)15-26(33)31-28(19(2)3)29(35)30-20(4)24(32)18-39-17-21-10-8-7-9-11-21/h7-14,19-20,28H,6,15-18H2,1-5H3,(H,30,35)(H,31,33)/t20-,28?/m0/s1. The van der Waals surface area contributed by atoms with E-state index < -0.39 is 29.9 Å². The molecule has 2 atom stereocenters. The van der Waals surface area contributed by atoms with Crippen molar-refractivity contribution in [2.45, 2.75) is 52.0 Å². The van der Waals surface area contributed by atoms with E-state index in [9.17, 15) is 19.2 Å². The highest BCUT2D eigenvalue weighted by Gasteiger charge is 2.27. The number of ether oxygens (including phenoxy) is 3. The molecule has 0 aliphatic rings. The van der Waals surface area contributed by atoms with Crippen LogP contribution in [0.15, 0.2) is 48.5 Å². The van der Waals surface area contributed by atoms with Crippen LogP contribution >= 0.6 is 11.8 Å². The van der Waals surface area contributed by atoms with Crippen LogP contribution in [0.3, 0.4) is 0 Å². The van der Waals surface area contributed by atoms with Crippen molar-refractivity contribution in [3.8, 4) is 11.5 Å². The summed E-state index contributed by atoms with van der Waals surface area (Å²) in [4.78, 5) is 50.0. The van der Waals surface area contributed by atoms with Gasteiger partial charge in [0.2, 0.25) is 11.8 Å². The van der Waals surface area contributed by atoms with Gasteiger partial charge in [0.25, 0.3) is 0 Å². The van der Waals surface area contributed by atoms with E-state index >= 15 is 0 Å². The molecule has 0 heterocycles. The molecule has 0 bridgehead atoms. The number of hydrogen-bond acceptors (Lipinski definition) is 8. The Morgan fingerprint density at radius 2 is 1.67 bits per heavy atom. The van der Waals surface area contributed by atoms with Crippen LogP contribution in [0.2, 0.25) is 0 Å². The van der Waals surface area contributed by atoms with Gasteiger partial charge in [-0.1, -0.05) is 44.2 Å². The average molecular weight is 559 g/mol. The van der Waals surface area contributed by atoms with Gasteiger partial charge in [-0.3, -0.25) is 14.4 Å². The Morgan fingerprint density at radius 3 is 2.31 bits per heavy atom. The molecule has 9 nitrogen and oxygen atoms in total. The minimum atomic E-state index is -0.834. The normalized spacial score (nSPS) is 12.3. The molecule has 0 radical (unpaired) electrons. The van der Waals surface area contributed by atoms with Crippen molar-refractivity contribution in [1.82, 2.24) is 10.6 Å². The number of rotatable bonds is 16. The lowest BCUT2D eigenvalue weighted by Gasteiger charge is -2.24. The van der Waals surface area contributed by atoms with Gasteiger partial charge in [0.1, 0.15) is 17.5 Å². The molecule has 0 saturated heterocycles. The topological polar surface area (TPSA) is 120 Å². The summed E-state index contributed by atoms with van der Waals surface area (Å²) in [5.74, 6) is 0.183. The van der Waals surface area contributed by atoms with E-state index in [4.69, 9.17) is 9.47 Å². The Balaban J connectivity index is 1.97. The van der Waals surface area contributed by atoms with Crippen molar-refractivity contribution < 1.29 is 33.4 Å². The summed E-state index contributed by atoms with van der Waals surface area (Å²) in [5, 5.41) is 5.53. The molecule has 0 fully saturated rings. The molecule has 2 rings (SSSR count). The minimum absolute atomic E-state index is 0.0775. The lowest BCUT2D eigenvalue weighted by Crippen LogP contribution is -2.53. The third-order valence-corrected chi connectivity index (χ3v) is 6.76. The molecule has 2 aromatic carbocycles. The van der Waals surface area contributed by atoms with Gasteiger partial charge in [-0.25, -0.2) is 4.79 Å². The van der Waals surface area contributed by atoms with Gasteiger partial charge < -0.3 is 24.8 Å². The maximum atomic E-state index is 13.0. The van der Waals surface area contributed by atoms with Crippen LogP contribution in [-0.2, 0) is 36.1 Å². The van der Waals surface area contributed by atoms with Crippen LogP contribution in [-0.4, -0.2) is 61.7 Å². The van der Waals surface area contributed by atoms with Crippen molar-refractivity contribution in [2.24, 2.45) is 5.92 Å². The first-order valence-corrected chi connectivity index (χ1v) is 14.0. The van der Waals surface area contributed by atoms with Crippen LogP contribution in [0.4, 0.5) is 0 Å². The fraction of sp³-hybridized carbons (Fsp3) is 0.448. The fourth-order valence-electron chi connectivity index (χ4n) is 3.57. The van der Waals surface area contributed by atoms with E-state index in [1.807, 2.05) is 51.1 Å². The Labute approximate surface area is 234 Å². The van der Waals surface area contributed by atoms with Gasteiger partial charge in [-0.15, -0.1) is 11.8 Å². The second kappa shape index (κ2) is 16.4. The van der Waals surface area contributed by atoms with E-state index in [1.165, 1.54) is 18.9 Å². The highest BCUT2D eigenvalue weighted by molar-refractivity contribution is 7.99. The van der Waals surface area contributed by atoms with Gasteiger partial charge in [0.15, 0.2) is 12.4 Å². The Hall–Kier alpha value is -3.53. The molecule has 2 aromatic rings. The monoisotopic (exact) mass is 558 g/mol. The van der Waals surface area contributed by atoms with Gasteiger partial charge in [-0.05, 0) is 43.5 Å². The number of nitrogens with one attached hydrogen (secondary N) is 2. The van der Waals surface area contributed by atoms with Gasteiger partial charge in [0.05, 0.1) is 31.9 Å². The number of carbonyl (C=O) groups excluding carboxylic acids is 4. The predicted molar refractivity (Wildman–Crippen MR) is 151 cm³/mol. The lowest BCUT2D eigenvalue weighted by molar-refractivity contribution is -0.143. The summed E-state index contributed by atoms with van der Waals surface area (Å²) in [6.45, 7) is 7.24. The average Bonchev–Trinajstić information content (AvgIpc) is 2.91. The van der Waals surface area contributed by atoms with Crippen molar-refractivity contribution in [3.05, 3.63) is 59.7 Å². The summed E-state index contributed by atoms with van der Waals surface area (Å²) >= 11 is 1.49. The zero-order valence-corrected chi connectivity index (χ0v) is 24.0. The quantitative estimate of drug-likeness (QED) is 0.301. The number of ketones is 1. The molecule has 2 N–H and O–H groups in total. The Kier molecular flexibility index (Phi) is 13.4. The lowest BCUT2D eigenvalue weighted by atomic mass is 10.0. The summed E-state index contributed by atoms with van der Waals surface area (Å²) < 4.78 is 15.6. The zero-order chi connectivity index (χ0) is 28.8. The van der Waals surface area contributed by atoms with Crippen LogP contribution in [0.1, 0.15) is 38.8 Å². The Bertz CT molecular complexity index is 1110. The molecule has 0 aliphatic carbocycles. The van der Waals surface area contributed by atoms with Gasteiger partial charge in [0, 0.05) is 11.3 Å². The van der Waals surface area contributed by atoms with Crippen LogP contribution in [0.25, 0.3) is 0 Å². The maximum Gasteiger partial charge on any atom is 0.343 e. The predicted octanol–water partition coefficient (Wildman–Crippen LogP) is 3.33. The molecule has 10 heteroatoms. The number of benzene rings is 2. The second-order valence-electron chi connectivity index (χ2n) is 9.21. The number of thioether (sulfide) groups is 1. The van der Waals surface area contributed by atoms with E-state index in [1.54, 1.807) is 25.1 Å². The van der Waals surface area contributed by atoms with Gasteiger partial charge >= 0.3 is 5.97 Å². The van der Waals surface area contributed by atoms with Crippen molar-refractivity contribution >= 4 is 35.3 Å². The van der Waals surface area contributed by atoms with Crippen LogP contribution in [0, 0.1) is 5.92 Å².